The number of nitrogens with one attached hydrogen (secondary N) is 1. The number of rotatable bonds is 6. The summed E-state index contributed by atoms with van der Waals surface area (Å²) in [6.45, 7) is 9.44. The molecular formula is C13H25N3O. The Morgan fingerprint density at radius 1 is 1.59 bits per heavy atom. The van der Waals surface area contributed by atoms with Crippen molar-refractivity contribution in [1.29, 1.82) is 0 Å². The van der Waals surface area contributed by atoms with E-state index in [2.05, 4.69) is 24.3 Å². The summed E-state index contributed by atoms with van der Waals surface area (Å²) in [4.78, 5) is 0. The second-order valence-electron chi connectivity index (χ2n) is 5.18. The molecule has 17 heavy (non-hydrogen) atoms. The molecule has 0 saturated carbocycles. The van der Waals surface area contributed by atoms with E-state index < -0.39 is 5.60 Å². The summed E-state index contributed by atoms with van der Waals surface area (Å²) in [5.74, 6) is 0.296. The molecule has 2 atom stereocenters. The van der Waals surface area contributed by atoms with Crippen LogP contribution in [-0.2, 0) is 13.6 Å². The number of hydrogen-bond acceptors (Lipinski definition) is 3. The fraction of sp³-hybridized carbons (Fsp3) is 0.769. The highest BCUT2D eigenvalue weighted by Gasteiger charge is 2.26. The van der Waals surface area contributed by atoms with Gasteiger partial charge in [-0.25, -0.2) is 0 Å². The second kappa shape index (κ2) is 5.65. The predicted octanol–water partition coefficient (Wildman–Crippen LogP) is 1.62. The van der Waals surface area contributed by atoms with Gasteiger partial charge < -0.3 is 10.4 Å². The smallest absolute Gasteiger partial charge is 0.0768 e. The van der Waals surface area contributed by atoms with Crippen molar-refractivity contribution in [2.24, 2.45) is 13.0 Å². The minimum atomic E-state index is -0.648. The monoisotopic (exact) mass is 239 g/mol. The quantitative estimate of drug-likeness (QED) is 0.793. The Bertz CT molecular complexity index is 358. The van der Waals surface area contributed by atoms with E-state index in [-0.39, 0.29) is 0 Å². The molecule has 2 N–H and O–H groups in total. The van der Waals surface area contributed by atoms with Crippen molar-refractivity contribution < 1.29 is 5.11 Å². The van der Waals surface area contributed by atoms with E-state index in [1.54, 1.807) is 0 Å². The van der Waals surface area contributed by atoms with Gasteiger partial charge >= 0.3 is 0 Å². The van der Waals surface area contributed by atoms with Crippen molar-refractivity contribution in [3.8, 4) is 0 Å². The lowest BCUT2D eigenvalue weighted by Gasteiger charge is -2.29. The van der Waals surface area contributed by atoms with Crippen LogP contribution in [0.2, 0.25) is 0 Å². The number of aromatic nitrogens is 2. The standard InChI is InChI=1S/C13H25N3O/c1-6-10(2)13(4,17)9-14-7-12-8-16(5)15-11(12)3/h8,10,14,17H,6-7,9H2,1-5H3. The Labute approximate surface area is 104 Å². The van der Waals surface area contributed by atoms with Crippen LogP contribution in [0.4, 0.5) is 0 Å². The van der Waals surface area contributed by atoms with Crippen molar-refractivity contribution in [2.75, 3.05) is 6.54 Å². The molecule has 4 heteroatoms. The molecule has 0 aliphatic heterocycles. The molecule has 4 nitrogen and oxygen atoms in total. The van der Waals surface area contributed by atoms with Gasteiger partial charge in [-0.3, -0.25) is 4.68 Å². The average Bonchev–Trinajstić information content (AvgIpc) is 2.56. The van der Waals surface area contributed by atoms with Crippen molar-refractivity contribution in [3.63, 3.8) is 0 Å². The Hall–Kier alpha value is -0.870. The largest absolute Gasteiger partial charge is 0.389 e. The molecular weight excluding hydrogens is 214 g/mol. The van der Waals surface area contributed by atoms with Crippen LogP contribution < -0.4 is 5.32 Å². The van der Waals surface area contributed by atoms with E-state index in [1.807, 2.05) is 31.8 Å². The third kappa shape index (κ3) is 3.82. The first kappa shape index (κ1) is 14.2. The molecule has 0 aromatic carbocycles. The van der Waals surface area contributed by atoms with Gasteiger partial charge in [0.25, 0.3) is 0 Å². The second-order valence-corrected chi connectivity index (χ2v) is 5.18. The molecule has 0 amide bonds. The number of aliphatic hydroxyl groups is 1. The van der Waals surface area contributed by atoms with Crippen LogP contribution in [0.1, 0.15) is 38.4 Å². The first-order valence-electron chi connectivity index (χ1n) is 6.29. The number of nitrogens with zero attached hydrogens (tertiary/aromatic N) is 2. The summed E-state index contributed by atoms with van der Waals surface area (Å²) in [6.07, 6.45) is 3.00. The zero-order valence-corrected chi connectivity index (χ0v) is 11.6. The number of aryl methyl sites for hydroxylation is 2. The predicted molar refractivity (Wildman–Crippen MR) is 69.7 cm³/mol. The summed E-state index contributed by atoms with van der Waals surface area (Å²) in [5.41, 5.74) is 1.58. The molecule has 0 aliphatic rings. The molecule has 0 bridgehead atoms. The van der Waals surface area contributed by atoms with Crippen LogP contribution in [0.5, 0.6) is 0 Å². The summed E-state index contributed by atoms with van der Waals surface area (Å²) in [6, 6.07) is 0. The first-order valence-corrected chi connectivity index (χ1v) is 6.29. The molecule has 0 fully saturated rings. The molecule has 98 valence electrons. The van der Waals surface area contributed by atoms with Crippen molar-refractivity contribution in [3.05, 3.63) is 17.5 Å². The van der Waals surface area contributed by atoms with E-state index in [4.69, 9.17) is 0 Å². The SMILES string of the molecule is CCC(C)C(C)(O)CNCc1cn(C)nc1C. The van der Waals surface area contributed by atoms with Crippen molar-refractivity contribution in [1.82, 2.24) is 15.1 Å². The average molecular weight is 239 g/mol. The normalized spacial score (nSPS) is 16.8. The maximum atomic E-state index is 10.3. The zero-order chi connectivity index (χ0) is 13.1. The van der Waals surface area contributed by atoms with Crippen molar-refractivity contribution in [2.45, 2.75) is 46.3 Å². The summed E-state index contributed by atoms with van der Waals surface area (Å²) in [7, 11) is 1.92. The fourth-order valence-corrected chi connectivity index (χ4v) is 1.89. The molecule has 2 unspecified atom stereocenters. The van der Waals surface area contributed by atoms with Gasteiger partial charge in [0.05, 0.1) is 11.3 Å². The van der Waals surface area contributed by atoms with Crippen LogP contribution in [-0.4, -0.2) is 27.0 Å². The van der Waals surface area contributed by atoms with E-state index in [9.17, 15) is 5.11 Å². The summed E-state index contributed by atoms with van der Waals surface area (Å²) in [5, 5.41) is 17.9. The molecule has 1 rings (SSSR count). The van der Waals surface area contributed by atoms with Crippen LogP contribution in [0.15, 0.2) is 6.20 Å². The first-order chi connectivity index (χ1) is 7.86. The number of hydrogen-bond donors (Lipinski definition) is 2. The van der Waals surface area contributed by atoms with Crippen LogP contribution >= 0.6 is 0 Å². The minimum absolute atomic E-state index is 0.296. The Kier molecular flexibility index (Phi) is 4.71. The molecule has 0 radical (unpaired) electrons. The molecule has 0 aliphatic carbocycles. The molecule has 0 spiro atoms. The topological polar surface area (TPSA) is 50.1 Å². The lowest BCUT2D eigenvalue weighted by molar-refractivity contribution is 0.00533. The fourth-order valence-electron chi connectivity index (χ4n) is 1.89. The van der Waals surface area contributed by atoms with Gasteiger partial charge in [-0.15, -0.1) is 0 Å². The van der Waals surface area contributed by atoms with E-state index >= 15 is 0 Å². The lowest BCUT2D eigenvalue weighted by atomic mass is 9.88. The van der Waals surface area contributed by atoms with Crippen LogP contribution in [0.3, 0.4) is 0 Å². The summed E-state index contributed by atoms with van der Waals surface area (Å²) >= 11 is 0. The maximum absolute atomic E-state index is 10.3. The lowest BCUT2D eigenvalue weighted by Crippen LogP contribution is -2.42. The van der Waals surface area contributed by atoms with Gasteiger partial charge in [0, 0.05) is 31.9 Å². The molecule has 1 heterocycles. The third-order valence-electron chi connectivity index (χ3n) is 3.59. The van der Waals surface area contributed by atoms with Crippen molar-refractivity contribution >= 4 is 0 Å². The molecule has 1 aromatic heterocycles. The van der Waals surface area contributed by atoms with Crippen LogP contribution in [0, 0.1) is 12.8 Å². The highest BCUT2D eigenvalue weighted by molar-refractivity contribution is 5.14. The van der Waals surface area contributed by atoms with Gasteiger partial charge in [0.15, 0.2) is 0 Å². The van der Waals surface area contributed by atoms with E-state index in [1.165, 1.54) is 5.56 Å². The Morgan fingerprint density at radius 2 is 2.24 bits per heavy atom. The van der Waals surface area contributed by atoms with Crippen LogP contribution in [0.25, 0.3) is 0 Å². The van der Waals surface area contributed by atoms with Gasteiger partial charge in [-0.1, -0.05) is 20.3 Å². The highest BCUT2D eigenvalue weighted by Crippen LogP contribution is 2.19. The zero-order valence-electron chi connectivity index (χ0n) is 11.6. The van der Waals surface area contributed by atoms with E-state index in [0.717, 1.165) is 18.7 Å². The van der Waals surface area contributed by atoms with Gasteiger partial charge in [-0.05, 0) is 19.8 Å². The Morgan fingerprint density at radius 3 is 2.71 bits per heavy atom. The minimum Gasteiger partial charge on any atom is -0.389 e. The van der Waals surface area contributed by atoms with Gasteiger partial charge in [0.1, 0.15) is 0 Å². The molecule has 0 saturated heterocycles. The highest BCUT2D eigenvalue weighted by atomic mass is 16.3. The molecule has 1 aromatic rings. The van der Waals surface area contributed by atoms with Gasteiger partial charge in [0.2, 0.25) is 0 Å². The summed E-state index contributed by atoms with van der Waals surface area (Å²) < 4.78 is 1.82. The van der Waals surface area contributed by atoms with Gasteiger partial charge in [-0.2, -0.15) is 5.10 Å². The van der Waals surface area contributed by atoms with E-state index in [0.29, 0.717) is 12.5 Å². The third-order valence-corrected chi connectivity index (χ3v) is 3.59. The maximum Gasteiger partial charge on any atom is 0.0768 e. The Balaban J connectivity index is 2.45.